The first kappa shape index (κ1) is 11.7. The average Bonchev–Trinajstić information content (AvgIpc) is 2.07. The van der Waals surface area contributed by atoms with Gasteiger partial charge in [0.2, 0.25) is 0 Å². The van der Waals surface area contributed by atoms with Crippen molar-refractivity contribution in [1.29, 1.82) is 0 Å². The molecule has 1 aliphatic heterocycles. The van der Waals surface area contributed by atoms with Crippen molar-refractivity contribution in [3.63, 3.8) is 0 Å². The van der Waals surface area contributed by atoms with E-state index in [9.17, 15) is 0 Å². The Morgan fingerprint density at radius 1 is 1.36 bits per heavy atom. The monoisotopic (exact) mass is 196 g/mol. The van der Waals surface area contributed by atoms with Crippen molar-refractivity contribution in [2.24, 2.45) is 22.7 Å². The summed E-state index contributed by atoms with van der Waals surface area (Å²) >= 11 is 0. The van der Waals surface area contributed by atoms with Gasteiger partial charge >= 0.3 is 0 Å². The number of hydrogen-bond acceptors (Lipinski definition) is 2. The molecule has 0 aromatic heterocycles. The highest BCUT2D eigenvalue weighted by Crippen LogP contribution is 2.25. The first-order valence-corrected chi connectivity index (χ1v) is 5.89. The normalized spacial score (nSPS) is 22.6. The van der Waals surface area contributed by atoms with Crippen molar-refractivity contribution >= 4 is 6.21 Å². The molecule has 2 heteroatoms. The molecule has 1 N–H and O–H groups in total. The quantitative estimate of drug-likeness (QED) is 0.671. The molecule has 0 saturated carbocycles. The molecule has 2 unspecified atom stereocenters. The molecule has 0 amide bonds. The maximum Gasteiger partial charge on any atom is 0.0576 e. The SMILES string of the molecule is CCC=NC(C1CNC1)C(C)C(C)C. The lowest BCUT2D eigenvalue weighted by Crippen LogP contribution is -2.50. The van der Waals surface area contributed by atoms with E-state index in [1.165, 1.54) is 0 Å². The van der Waals surface area contributed by atoms with Crippen LogP contribution >= 0.6 is 0 Å². The minimum Gasteiger partial charge on any atom is -0.316 e. The van der Waals surface area contributed by atoms with Crippen molar-refractivity contribution in [2.75, 3.05) is 13.1 Å². The van der Waals surface area contributed by atoms with Gasteiger partial charge in [-0.25, -0.2) is 0 Å². The molecule has 0 radical (unpaired) electrons. The first-order chi connectivity index (χ1) is 6.66. The maximum atomic E-state index is 4.72. The Labute approximate surface area is 88.2 Å². The van der Waals surface area contributed by atoms with E-state index in [-0.39, 0.29) is 0 Å². The zero-order chi connectivity index (χ0) is 10.6. The zero-order valence-electron chi connectivity index (χ0n) is 9.96. The van der Waals surface area contributed by atoms with Crippen LogP contribution in [0.15, 0.2) is 4.99 Å². The fourth-order valence-corrected chi connectivity index (χ4v) is 1.86. The maximum absolute atomic E-state index is 4.72. The summed E-state index contributed by atoms with van der Waals surface area (Å²) in [6, 6.07) is 0.538. The molecule has 1 saturated heterocycles. The Bertz CT molecular complexity index is 183. The van der Waals surface area contributed by atoms with Gasteiger partial charge in [0.05, 0.1) is 6.04 Å². The summed E-state index contributed by atoms with van der Waals surface area (Å²) in [5.74, 6) is 2.20. The van der Waals surface area contributed by atoms with E-state index in [0.29, 0.717) is 12.0 Å². The number of hydrogen-bond donors (Lipinski definition) is 1. The minimum atomic E-state index is 0.538. The lowest BCUT2D eigenvalue weighted by molar-refractivity contribution is 0.210. The van der Waals surface area contributed by atoms with Gasteiger partial charge in [-0.1, -0.05) is 27.7 Å². The Morgan fingerprint density at radius 2 is 2.00 bits per heavy atom. The average molecular weight is 196 g/mol. The van der Waals surface area contributed by atoms with E-state index in [1.807, 2.05) is 0 Å². The second-order valence-electron chi connectivity index (χ2n) is 4.75. The molecule has 1 fully saturated rings. The summed E-state index contributed by atoms with van der Waals surface area (Å²) in [4.78, 5) is 4.72. The van der Waals surface area contributed by atoms with Gasteiger partial charge in [-0.15, -0.1) is 0 Å². The Hall–Kier alpha value is -0.370. The Kier molecular flexibility index (Phi) is 4.59. The lowest BCUT2D eigenvalue weighted by Gasteiger charge is -2.37. The van der Waals surface area contributed by atoms with Crippen LogP contribution in [0.2, 0.25) is 0 Å². The van der Waals surface area contributed by atoms with Crippen molar-refractivity contribution < 1.29 is 0 Å². The zero-order valence-corrected chi connectivity index (χ0v) is 9.96. The summed E-state index contributed by atoms with van der Waals surface area (Å²) in [7, 11) is 0. The number of nitrogens with zero attached hydrogens (tertiary/aromatic N) is 1. The standard InChI is InChI=1S/C12H24N2/c1-5-6-14-12(10(4)9(2)3)11-7-13-8-11/h6,9-13H,5,7-8H2,1-4H3. The summed E-state index contributed by atoms with van der Waals surface area (Å²) in [5, 5.41) is 3.34. The predicted octanol–water partition coefficient (Wildman–Crippen LogP) is 2.35. The van der Waals surface area contributed by atoms with Gasteiger partial charge in [-0.2, -0.15) is 0 Å². The molecule has 2 atom stereocenters. The third-order valence-electron chi connectivity index (χ3n) is 3.35. The summed E-state index contributed by atoms with van der Waals surface area (Å²) in [5.41, 5.74) is 0. The second kappa shape index (κ2) is 5.50. The van der Waals surface area contributed by atoms with Gasteiger partial charge in [0.25, 0.3) is 0 Å². The molecule has 0 spiro atoms. The van der Waals surface area contributed by atoms with Gasteiger partial charge in [0.1, 0.15) is 0 Å². The van der Waals surface area contributed by atoms with Gasteiger partial charge in [0.15, 0.2) is 0 Å². The molecule has 0 aliphatic carbocycles. The van der Waals surface area contributed by atoms with Crippen molar-refractivity contribution in [2.45, 2.75) is 40.2 Å². The van der Waals surface area contributed by atoms with Gasteiger partial charge in [-0.3, -0.25) is 4.99 Å². The highest BCUT2D eigenvalue weighted by molar-refractivity contribution is 5.56. The molecule has 0 aromatic rings. The molecular formula is C12H24N2. The minimum absolute atomic E-state index is 0.538. The second-order valence-corrected chi connectivity index (χ2v) is 4.75. The highest BCUT2D eigenvalue weighted by atomic mass is 15.0. The van der Waals surface area contributed by atoms with E-state index in [2.05, 4.69) is 39.2 Å². The van der Waals surface area contributed by atoms with Crippen LogP contribution in [0.3, 0.4) is 0 Å². The molecule has 1 heterocycles. The van der Waals surface area contributed by atoms with Crippen molar-refractivity contribution in [3.05, 3.63) is 0 Å². The summed E-state index contributed by atoms with van der Waals surface area (Å²) in [6.45, 7) is 11.4. The molecule has 1 rings (SSSR count). The van der Waals surface area contributed by atoms with Gasteiger partial charge in [-0.05, 0) is 24.5 Å². The predicted molar refractivity (Wildman–Crippen MR) is 62.9 cm³/mol. The Morgan fingerprint density at radius 3 is 2.36 bits per heavy atom. The fraction of sp³-hybridized carbons (Fsp3) is 0.917. The van der Waals surface area contributed by atoms with Crippen LogP contribution in [0.4, 0.5) is 0 Å². The van der Waals surface area contributed by atoms with Crippen LogP contribution in [0.5, 0.6) is 0 Å². The number of rotatable bonds is 5. The first-order valence-electron chi connectivity index (χ1n) is 5.89. The van der Waals surface area contributed by atoms with Crippen LogP contribution in [0, 0.1) is 17.8 Å². The smallest absolute Gasteiger partial charge is 0.0576 e. The fourth-order valence-electron chi connectivity index (χ4n) is 1.86. The van der Waals surface area contributed by atoms with Crippen molar-refractivity contribution in [1.82, 2.24) is 5.32 Å². The van der Waals surface area contributed by atoms with Crippen LogP contribution < -0.4 is 5.32 Å². The molecule has 82 valence electrons. The van der Waals surface area contributed by atoms with Crippen LogP contribution in [0.25, 0.3) is 0 Å². The van der Waals surface area contributed by atoms with E-state index in [4.69, 9.17) is 4.99 Å². The van der Waals surface area contributed by atoms with Crippen LogP contribution in [-0.2, 0) is 0 Å². The third kappa shape index (κ3) is 2.81. The number of nitrogens with one attached hydrogen (secondary N) is 1. The largest absolute Gasteiger partial charge is 0.316 e. The summed E-state index contributed by atoms with van der Waals surface area (Å²) in [6.07, 6.45) is 3.14. The topological polar surface area (TPSA) is 24.4 Å². The van der Waals surface area contributed by atoms with Crippen LogP contribution in [0.1, 0.15) is 34.1 Å². The molecule has 14 heavy (non-hydrogen) atoms. The van der Waals surface area contributed by atoms with Crippen LogP contribution in [-0.4, -0.2) is 25.3 Å². The van der Waals surface area contributed by atoms with Gasteiger partial charge < -0.3 is 5.32 Å². The lowest BCUT2D eigenvalue weighted by atomic mass is 9.80. The number of aliphatic imine (C=N–C) groups is 1. The van der Waals surface area contributed by atoms with Crippen molar-refractivity contribution in [3.8, 4) is 0 Å². The molecule has 0 aromatic carbocycles. The molecule has 2 nitrogen and oxygen atoms in total. The summed E-state index contributed by atoms with van der Waals surface area (Å²) < 4.78 is 0. The van der Waals surface area contributed by atoms with E-state index >= 15 is 0 Å². The van der Waals surface area contributed by atoms with E-state index in [0.717, 1.165) is 31.3 Å². The third-order valence-corrected chi connectivity index (χ3v) is 3.35. The molecule has 0 bridgehead atoms. The molecule has 1 aliphatic rings. The van der Waals surface area contributed by atoms with E-state index < -0.39 is 0 Å². The molecular weight excluding hydrogens is 172 g/mol. The van der Waals surface area contributed by atoms with E-state index in [1.54, 1.807) is 0 Å². The highest BCUT2D eigenvalue weighted by Gasteiger charge is 2.31. The Balaban J connectivity index is 2.55. The van der Waals surface area contributed by atoms with Gasteiger partial charge in [0, 0.05) is 19.0 Å².